The molecule has 0 unspecified atom stereocenters. The van der Waals surface area contributed by atoms with Crippen molar-refractivity contribution < 1.29 is 4.79 Å². The second-order valence-corrected chi connectivity index (χ2v) is 9.88. The quantitative estimate of drug-likeness (QED) is 0.384. The predicted molar refractivity (Wildman–Crippen MR) is 132 cm³/mol. The third kappa shape index (κ3) is 4.64. The third-order valence-electron chi connectivity index (χ3n) is 4.75. The van der Waals surface area contributed by atoms with Crippen LogP contribution in [0.1, 0.15) is 9.67 Å². The molecule has 4 rings (SSSR count). The van der Waals surface area contributed by atoms with E-state index in [1.54, 1.807) is 29.2 Å². The molecule has 1 aromatic heterocycles. The van der Waals surface area contributed by atoms with Crippen LogP contribution in [0.2, 0.25) is 20.1 Å². The monoisotopic (exact) mass is 517 g/mol. The number of carbonyl (C=O) groups excluding carboxylic acids is 1. The number of thiocarbonyl (C=S) groups is 1. The number of hydrogen-bond donors (Lipinski definition) is 1. The van der Waals surface area contributed by atoms with Crippen LogP contribution in [-0.4, -0.2) is 47.0 Å². The van der Waals surface area contributed by atoms with Gasteiger partial charge in [-0.05, 0) is 42.5 Å². The number of nitrogens with one attached hydrogen (secondary N) is 1. The minimum atomic E-state index is -0.0718. The van der Waals surface area contributed by atoms with E-state index >= 15 is 0 Å². The van der Waals surface area contributed by atoms with Crippen molar-refractivity contribution in [3.63, 3.8) is 0 Å². The molecule has 156 valence electrons. The van der Waals surface area contributed by atoms with Crippen LogP contribution in [0, 0.1) is 0 Å². The highest BCUT2D eigenvalue weighted by atomic mass is 35.5. The van der Waals surface area contributed by atoms with Crippen molar-refractivity contribution >= 4 is 96.8 Å². The molecule has 4 nitrogen and oxygen atoms in total. The van der Waals surface area contributed by atoms with Crippen molar-refractivity contribution in [3.05, 3.63) is 61.4 Å². The van der Waals surface area contributed by atoms with E-state index in [4.69, 9.17) is 58.6 Å². The number of nitrogens with zero attached hydrogens (tertiary/aromatic N) is 2. The first-order chi connectivity index (χ1) is 14.3. The Morgan fingerprint density at radius 1 is 0.900 bits per heavy atom. The predicted octanol–water partition coefficient (Wildman–Crippen LogP) is 6.67. The molecule has 30 heavy (non-hydrogen) atoms. The van der Waals surface area contributed by atoms with Crippen LogP contribution in [0.15, 0.2) is 36.4 Å². The van der Waals surface area contributed by atoms with Crippen LogP contribution < -0.4 is 5.32 Å². The van der Waals surface area contributed by atoms with E-state index in [2.05, 4.69) is 5.32 Å². The first-order valence-corrected chi connectivity index (χ1v) is 11.7. The summed E-state index contributed by atoms with van der Waals surface area (Å²) < 4.78 is 0.903. The Morgan fingerprint density at radius 3 is 2.20 bits per heavy atom. The van der Waals surface area contributed by atoms with E-state index in [0.717, 1.165) is 15.8 Å². The van der Waals surface area contributed by atoms with E-state index in [0.29, 0.717) is 56.3 Å². The normalized spacial score (nSPS) is 14.3. The molecule has 0 radical (unpaired) electrons. The van der Waals surface area contributed by atoms with Gasteiger partial charge in [0.1, 0.15) is 4.88 Å². The van der Waals surface area contributed by atoms with Crippen LogP contribution in [0.5, 0.6) is 0 Å². The van der Waals surface area contributed by atoms with E-state index < -0.39 is 0 Å². The lowest BCUT2D eigenvalue weighted by Crippen LogP contribution is -2.51. The fourth-order valence-corrected chi connectivity index (χ4v) is 5.84. The van der Waals surface area contributed by atoms with Gasteiger partial charge in [0.2, 0.25) is 0 Å². The largest absolute Gasteiger partial charge is 0.345 e. The van der Waals surface area contributed by atoms with Crippen molar-refractivity contribution in [3.8, 4) is 0 Å². The van der Waals surface area contributed by atoms with Crippen LogP contribution in [0.3, 0.4) is 0 Å². The van der Waals surface area contributed by atoms with Gasteiger partial charge in [-0.15, -0.1) is 11.3 Å². The number of piperazine rings is 1. The second-order valence-electron chi connectivity index (χ2n) is 6.75. The summed E-state index contributed by atoms with van der Waals surface area (Å²) in [6.45, 7) is 2.31. The number of benzene rings is 2. The molecule has 3 aromatic rings. The van der Waals surface area contributed by atoms with Gasteiger partial charge in [0.05, 0.1) is 5.02 Å². The van der Waals surface area contributed by atoms with Crippen molar-refractivity contribution in [2.75, 3.05) is 31.5 Å². The Kier molecular flexibility index (Phi) is 6.63. The number of amides is 1. The van der Waals surface area contributed by atoms with E-state index in [9.17, 15) is 4.79 Å². The molecule has 1 saturated heterocycles. The zero-order chi connectivity index (χ0) is 21.4. The molecule has 1 aliphatic rings. The molecule has 0 atom stereocenters. The Hall–Kier alpha value is -1.28. The summed E-state index contributed by atoms with van der Waals surface area (Å²) in [5.41, 5.74) is 0.728. The third-order valence-corrected chi connectivity index (χ3v) is 7.43. The Labute approximate surface area is 203 Å². The summed E-state index contributed by atoms with van der Waals surface area (Å²) in [6.07, 6.45) is 0. The zero-order valence-electron chi connectivity index (χ0n) is 15.4. The van der Waals surface area contributed by atoms with Crippen molar-refractivity contribution in [2.45, 2.75) is 0 Å². The number of carbonyl (C=O) groups is 1. The fraction of sp³-hybridized carbons (Fsp3) is 0.200. The Bertz CT molecular complexity index is 1120. The summed E-state index contributed by atoms with van der Waals surface area (Å²) in [5, 5.41) is 6.73. The lowest BCUT2D eigenvalue weighted by molar-refractivity contribution is 0.0698. The maximum Gasteiger partial charge on any atom is 0.265 e. The zero-order valence-corrected chi connectivity index (χ0v) is 20.1. The van der Waals surface area contributed by atoms with Crippen LogP contribution in [0.4, 0.5) is 5.69 Å². The molecular formula is C20H15Cl4N3OS2. The maximum atomic E-state index is 13.0. The fourth-order valence-electron chi connectivity index (χ4n) is 3.26. The van der Waals surface area contributed by atoms with Gasteiger partial charge in [0.25, 0.3) is 5.91 Å². The molecule has 0 spiro atoms. The van der Waals surface area contributed by atoms with Crippen molar-refractivity contribution in [1.29, 1.82) is 0 Å². The molecule has 0 saturated carbocycles. The average Bonchev–Trinajstić information content (AvgIpc) is 3.02. The molecule has 2 aromatic carbocycles. The summed E-state index contributed by atoms with van der Waals surface area (Å²) >= 11 is 31.5. The van der Waals surface area contributed by atoms with Crippen molar-refractivity contribution in [1.82, 2.24) is 9.80 Å². The summed E-state index contributed by atoms with van der Waals surface area (Å²) in [7, 11) is 0. The minimum absolute atomic E-state index is 0.0718. The first kappa shape index (κ1) is 21.9. The van der Waals surface area contributed by atoms with Crippen LogP contribution >= 0.6 is 70.0 Å². The lowest BCUT2D eigenvalue weighted by atomic mass is 10.2. The van der Waals surface area contributed by atoms with Gasteiger partial charge < -0.3 is 15.1 Å². The van der Waals surface area contributed by atoms with Gasteiger partial charge in [0, 0.05) is 57.0 Å². The second kappa shape index (κ2) is 9.07. The molecule has 1 amide bonds. The van der Waals surface area contributed by atoms with Crippen LogP contribution in [-0.2, 0) is 0 Å². The van der Waals surface area contributed by atoms with Crippen LogP contribution in [0.25, 0.3) is 10.1 Å². The Morgan fingerprint density at radius 2 is 1.53 bits per heavy atom. The molecular weight excluding hydrogens is 504 g/mol. The molecule has 1 N–H and O–H groups in total. The number of thiophene rings is 1. The van der Waals surface area contributed by atoms with Gasteiger partial charge in [-0.25, -0.2) is 0 Å². The molecule has 2 heterocycles. The summed E-state index contributed by atoms with van der Waals surface area (Å²) in [6, 6.07) is 10.6. The number of anilines is 1. The SMILES string of the molecule is O=C(c1sc2cc(Cl)ccc2c1Cl)N1CCN(C(=S)Nc2cc(Cl)cc(Cl)c2)CC1. The lowest BCUT2D eigenvalue weighted by Gasteiger charge is -2.36. The Balaban J connectivity index is 1.41. The minimum Gasteiger partial charge on any atom is -0.345 e. The highest BCUT2D eigenvalue weighted by Crippen LogP contribution is 2.37. The standard InChI is InChI=1S/C20H15Cl4N3OS2/c21-11-1-2-15-16(10-11)30-18(17(15)24)19(28)26-3-5-27(6-4-26)20(29)25-14-8-12(22)7-13(23)9-14/h1-2,7-10H,3-6H2,(H,25,29). The number of fused-ring (bicyclic) bond motifs is 1. The highest BCUT2D eigenvalue weighted by molar-refractivity contribution is 7.80. The van der Waals surface area contributed by atoms with E-state index in [-0.39, 0.29) is 5.91 Å². The summed E-state index contributed by atoms with van der Waals surface area (Å²) in [4.78, 5) is 17.4. The molecule has 1 aliphatic heterocycles. The molecule has 0 bridgehead atoms. The maximum absolute atomic E-state index is 13.0. The van der Waals surface area contributed by atoms with E-state index in [1.807, 2.05) is 17.0 Å². The molecule has 0 aliphatic carbocycles. The number of halogens is 4. The molecule has 10 heteroatoms. The topological polar surface area (TPSA) is 35.6 Å². The van der Waals surface area contributed by atoms with Gasteiger partial charge in [-0.2, -0.15) is 0 Å². The van der Waals surface area contributed by atoms with Gasteiger partial charge in [0.15, 0.2) is 5.11 Å². The van der Waals surface area contributed by atoms with Gasteiger partial charge in [-0.1, -0.05) is 52.5 Å². The van der Waals surface area contributed by atoms with Gasteiger partial charge in [-0.3, -0.25) is 4.79 Å². The number of rotatable bonds is 2. The molecule has 1 fully saturated rings. The van der Waals surface area contributed by atoms with Crippen molar-refractivity contribution in [2.24, 2.45) is 0 Å². The highest BCUT2D eigenvalue weighted by Gasteiger charge is 2.27. The first-order valence-electron chi connectivity index (χ1n) is 9.00. The average molecular weight is 519 g/mol. The van der Waals surface area contributed by atoms with Gasteiger partial charge >= 0.3 is 0 Å². The summed E-state index contributed by atoms with van der Waals surface area (Å²) in [5.74, 6) is -0.0718. The smallest absolute Gasteiger partial charge is 0.265 e. The number of hydrogen-bond acceptors (Lipinski definition) is 3. The van der Waals surface area contributed by atoms with E-state index in [1.165, 1.54) is 11.3 Å².